The van der Waals surface area contributed by atoms with E-state index in [1.165, 1.54) is 0 Å². The van der Waals surface area contributed by atoms with Crippen LogP contribution in [0.25, 0.3) is 28.0 Å². The summed E-state index contributed by atoms with van der Waals surface area (Å²) in [5, 5.41) is 15.6. The Morgan fingerprint density at radius 2 is 1.97 bits per heavy atom. The molecule has 0 aliphatic carbocycles. The smallest absolute Gasteiger partial charge is 0.321 e. The number of anilines is 2. The van der Waals surface area contributed by atoms with Gasteiger partial charge in [0.15, 0.2) is 11.5 Å². The first kappa shape index (κ1) is 21.6. The van der Waals surface area contributed by atoms with Crippen molar-refractivity contribution in [3.8, 4) is 16.9 Å². The van der Waals surface area contributed by atoms with Crippen LogP contribution in [-0.2, 0) is 4.74 Å². The van der Waals surface area contributed by atoms with Crippen molar-refractivity contribution >= 4 is 28.6 Å². The van der Waals surface area contributed by atoms with Crippen molar-refractivity contribution < 1.29 is 9.53 Å². The number of carbonyl (C=O) groups is 1. The minimum atomic E-state index is -0.0361. The lowest BCUT2D eigenvalue weighted by atomic mass is 10.0. The molecule has 1 atom stereocenters. The highest BCUT2D eigenvalue weighted by Crippen LogP contribution is 2.34. The molecular weight excluding hydrogens is 444 g/mol. The zero-order valence-corrected chi connectivity index (χ0v) is 19.6. The molecule has 3 aromatic heterocycles. The molecule has 5 heterocycles. The molecule has 0 saturated carbocycles. The predicted molar refractivity (Wildman–Crippen MR) is 134 cm³/mol. The summed E-state index contributed by atoms with van der Waals surface area (Å²) < 4.78 is 7.43. The first-order valence-electron chi connectivity index (χ1n) is 12.1. The Labute approximate surface area is 202 Å². The number of benzene rings is 1. The number of amides is 2. The summed E-state index contributed by atoms with van der Waals surface area (Å²) in [6.07, 6.45) is 5.68. The van der Waals surface area contributed by atoms with Gasteiger partial charge in [0.2, 0.25) is 0 Å². The van der Waals surface area contributed by atoms with Crippen LogP contribution in [0, 0.1) is 0 Å². The van der Waals surface area contributed by atoms with Crippen molar-refractivity contribution in [2.45, 2.75) is 25.8 Å². The minimum Gasteiger partial charge on any atom is -0.377 e. The van der Waals surface area contributed by atoms with Crippen LogP contribution in [0.3, 0.4) is 0 Å². The van der Waals surface area contributed by atoms with Crippen LogP contribution in [0.2, 0.25) is 0 Å². The standard InChI is InChI=1S/C25H28N8O2/c1-17-16-35-13-12-32(17)23-14-20(21-15-27-33(24(21)29-23)22-8-9-26-30-22)18-4-6-19(7-5-18)28-25(34)31-10-2-3-11-31/h4-9,14-15,17H,2-3,10-13,16H2,1H3,(H,26,30)(H,28,34)/t17-/m1/s1. The maximum atomic E-state index is 12.5. The number of nitrogens with one attached hydrogen (secondary N) is 2. The van der Waals surface area contributed by atoms with E-state index in [1.54, 1.807) is 10.9 Å². The van der Waals surface area contributed by atoms with Gasteiger partial charge in [-0.05, 0) is 49.1 Å². The van der Waals surface area contributed by atoms with Gasteiger partial charge in [-0.25, -0.2) is 9.78 Å². The Morgan fingerprint density at radius 3 is 2.71 bits per heavy atom. The quantitative estimate of drug-likeness (QED) is 0.470. The highest BCUT2D eigenvalue weighted by molar-refractivity contribution is 5.96. The zero-order valence-electron chi connectivity index (χ0n) is 19.6. The molecule has 0 spiro atoms. The number of urea groups is 1. The van der Waals surface area contributed by atoms with Crippen molar-refractivity contribution in [2.75, 3.05) is 43.1 Å². The third-order valence-corrected chi connectivity index (χ3v) is 6.74. The molecule has 35 heavy (non-hydrogen) atoms. The van der Waals surface area contributed by atoms with E-state index >= 15 is 0 Å². The largest absolute Gasteiger partial charge is 0.377 e. The van der Waals surface area contributed by atoms with E-state index in [0.29, 0.717) is 13.2 Å². The monoisotopic (exact) mass is 472 g/mol. The van der Waals surface area contributed by atoms with E-state index in [9.17, 15) is 4.79 Å². The van der Waals surface area contributed by atoms with Crippen molar-refractivity contribution in [3.05, 3.63) is 48.8 Å². The normalized spacial score (nSPS) is 18.4. The first-order chi connectivity index (χ1) is 17.2. The second-order valence-corrected chi connectivity index (χ2v) is 9.08. The average molecular weight is 473 g/mol. The number of carbonyl (C=O) groups excluding carboxylic acids is 1. The third kappa shape index (κ3) is 4.10. The molecule has 0 unspecified atom stereocenters. The van der Waals surface area contributed by atoms with E-state index in [-0.39, 0.29) is 12.1 Å². The van der Waals surface area contributed by atoms with Gasteiger partial charge in [-0.3, -0.25) is 5.10 Å². The Bertz CT molecular complexity index is 1330. The number of ether oxygens (including phenoxy) is 1. The fraction of sp³-hybridized carbons (Fsp3) is 0.360. The Hall–Kier alpha value is -3.92. The van der Waals surface area contributed by atoms with E-state index in [2.05, 4.69) is 38.5 Å². The second kappa shape index (κ2) is 9.03. The van der Waals surface area contributed by atoms with E-state index in [0.717, 1.165) is 72.0 Å². The fourth-order valence-corrected chi connectivity index (χ4v) is 4.84. The van der Waals surface area contributed by atoms with E-state index in [4.69, 9.17) is 9.72 Å². The van der Waals surface area contributed by atoms with Crippen LogP contribution >= 0.6 is 0 Å². The number of aromatic amines is 1. The summed E-state index contributed by atoms with van der Waals surface area (Å²) in [5.41, 5.74) is 3.60. The van der Waals surface area contributed by atoms with Gasteiger partial charge in [0.25, 0.3) is 0 Å². The molecule has 180 valence electrons. The molecule has 2 fully saturated rings. The summed E-state index contributed by atoms with van der Waals surface area (Å²) in [7, 11) is 0. The van der Waals surface area contributed by atoms with E-state index in [1.807, 2.05) is 41.4 Å². The molecule has 2 N–H and O–H groups in total. The number of hydrogen-bond donors (Lipinski definition) is 2. The predicted octanol–water partition coefficient (Wildman–Crippen LogP) is 3.66. The summed E-state index contributed by atoms with van der Waals surface area (Å²) in [4.78, 5) is 21.6. The van der Waals surface area contributed by atoms with Crippen molar-refractivity contribution in [3.63, 3.8) is 0 Å². The van der Waals surface area contributed by atoms with Gasteiger partial charge in [-0.15, -0.1) is 0 Å². The summed E-state index contributed by atoms with van der Waals surface area (Å²) in [5.74, 6) is 1.64. The maximum absolute atomic E-state index is 12.5. The van der Waals surface area contributed by atoms with E-state index < -0.39 is 0 Å². The number of morpholine rings is 1. The van der Waals surface area contributed by atoms with Crippen molar-refractivity contribution in [1.29, 1.82) is 0 Å². The minimum absolute atomic E-state index is 0.0361. The Balaban J connectivity index is 1.39. The molecule has 2 aliphatic heterocycles. The topological polar surface area (TPSA) is 104 Å². The number of H-pyrrole nitrogens is 1. The molecule has 2 aliphatic rings. The Morgan fingerprint density at radius 1 is 1.14 bits per heavy atom. The number of aromatic nitrogens is 5. The second-order valence-electron chi connectivity index (χ2n) is 9.08. The number of hydrogen-bond acceptors (Lipinski definition) is 6. The van der Waals surface area contributed by atoms with Crippen LogP contribution in [0.5, 0.6) is 0 Å². The molecule has 4 aromatic rings. The lowest BCUT2D eigenvalue weighted by Gasteiger charge is -2.34. The number of fused-ring (bicyclic) bond motifs is 1. The highest BCUT2D eigenvalue weighted by atomic mass is 16.5. The lowest BCUT2D eigenvalue weighted by Crippen LogP contribution is -2.44. The third-order valence-electron chi connectivity index (χ3n) is 6.74. The molecule has 0 bridgehead atoms. The lowest BCUT2D eigenvalue weighted by molar-refractivity contribution is 0.0985. The van der Waals surface area contributed by atoms with Gasteiger partial charge >= 0.3 is 6.03 Å². The van der Waals surface area contributed by atoms with Crippen LogP contribution in [-0.4, -0.2) is 74.8 Å². The van der Waals surface area contributed by atoms with Gasteiger partial charge in [-0.2, -0.15) is 14.9 Å². The van der Waals surface area contributed by atoms with Crippen LogP contribution in [0.15, 0.2) is 48.8 Å². The SMILES string of the molecule is C[C@@H]1COCCN1c1cc(-c2ccc(NC(=O)N3CCCC3)cc2)c2cnn(-c3ccn[nH]3)c2n1. The summed E-state index contributed by atoms with van der Waals surface area (Å²) in [6.45, 7) is 5.91. The molecule has 10 nitrogen and oxygen atoms in total. The summed E-state index contributed by atoms with van der Waals surface area (Å²) >= 11 is 0. The maximum Gasteiger partial charge on any atom is 0.321 e. The molecule has 1 aromatic carbocycles. The number of pyridine rings is 1. The molecule has 6 rings (SSSR count). The van der Waals surface area contributed by atoms with Gasteiger partial charge < -0.3 is 19.9 Å². The highest BCUT2D eigenvalue weighted by Gasteiger charge is 2.23. The van der Waals surface area contributed by atoms with Gasteiger partial charge in [-0.1, -0.05) is 12.1 Å². The number of likely N-dealkylation sites (tertiary alicyclic amines) is 1. The number of nitrogens with zero attached hydrogens (tertiary/aromatic N) is 6. The van der Waals surface area contributed by atoms with Gasteiger partial charge in [0.05, 0.1) is 31.6 Å². The van der Waals surface area contributed by atoms with Crippen molar-refractivity contribution in [1.82, 2.24) is 29.9 Å². The molecule has 2 saturated heterocycles. The average Bonchev–Trinajstić information content (AvgIpc) is 3.66. The fourth-order valence-electron chi connectivity index (χ4n) is 4.84. The Kier molecular flexibility index (Phi) is 5.57. The molecule has 0 radical (unpaired) electrons. The van der Waals surface area contributed by atoms with Gasteiger partial charge in [0, 0.05) is 36.8 Å². The van der Waals surface area contributed by atoms with Gasteiger partial charge in [0.1, 0.15) is 5.82 Å². The zero-order chi connectivity index (χ0) is 23.8. The number of rotatable bonds is 4. The first-order valence-corrected chi connectivity index (χ1v) is 12.1. The van der Waals surface area contributed by atoms with Crippen molar-refractivity contribution in [2.24, 2.45) is 0 Å². The van der Waals surface area contributed by atoms with Crippen LogP contribution < -0.4 is 10.2 Å². The molecule has 2 amide bonds. The van der Waals surface area contributed by atoms with Crippen LogP contribution in [0.1, 0.15) is 19.8 Å². The molecule has 10 heteroatoms. The van der Waals surface area contributed by atoms with Crippen LogP contribution in [0.4, 0.5) is 16.3 Å². The summed E-state index contributed by atoms with van der Waals surface area (Å²) in [6, 6.07) is 12.1. The molecular formula is C25H28N8O2.